The summed E-state index contributed by atoms with van der Waals surface area (Å²) in [6.45, 7) is 0. The van der Waals surface area contributed by atoms with Crippen LogP contribution in [0.25, 0.3) is 6.08 Å². The Kier molecular flexibility index (Phi) is 4.46. The molecule has 0 aromatic heterocycles. The van der Waals surface area contributed by atoms with Gasteiger partial charge < -0.3 is 19.7 Å². The van der Waals surface area contributed by atoms with Crippen LogP contribution in [0.15, 0.2) is 42.7 Å². The number of methoxy groups -OCH3 is 1. The molecule has 0 fully saturated rings. The van der Waals surface area contributed by atoms with E-state index in [1.807, 2.05) is 0 Å². The lowest BCUT2D eigenvalue weighted by Gasteiger charge is -2.05. The number of ether oxygens (including phenoxy) is 2. The Morgan fingerprint density at radius 3 is 2.24 bits per heavy atom. The Hall–Kier alpha value is -2.95. The molecule has 2 aromatic rings. The summed E-state index contributed by atoms with van der Waals surface area (Å²) in [6.07, 6.45) is 3.67. The van der Waals surface area contributed by atoms with Gasteiger partial charge >= 0.3 is 0 Å². The SMILES string of the molecule is COc1cc(C=COc2cc(C=O)ccc2O)ccc1O. The van der Waals surface area contributed by atoms with Crippen LogP contribution in [0.3, 0.4) is 0 Å². The van der Waals surface area contributed by atoms with Gasteiger partial charge in [0.25, 0.3) is 0 Å². The standard InChI is InChI=1S/C16H14O5/c1-20-15-8-11(2-4-13(15)18)6-7-21-16-9-12(10-17)3-5-14(16)19/h2-10,18-19H,1H3. The molecular weight excluding hydrogens is 272 g/mol. The summed E-state index contributed by atoms with van der Waals surface area (Å²) in [5, 5.41) is 19.1. The van der Waals surface area contributed by atoms with Gasteiger partial charge in [-0.15, -0.1) is 0 Å². The van der Waals surface area contributed by atoms with E-state index in [2.05, 4.69) is 0 Å². The number of aldehydes is 1. The highest BCUT2D eigenvalue weighted by Crippen LogP contribution is 2.28. The van der Waals surface area contributed by atoms with Crippen molar-refractivity contribution in [3.8, 4) is 23.0 Å². The summed E-state index contributed by atoms with van der Waals surface area (Å²) in [6, 6.07) is 9.13. The third-order valence-electron chi connectivity index (χ3n) is 2.78. The van der Waals surface area contributed by atoms with Crippen molar-refractivity contribution in [1.82, 2.24) is 0 Å². The highest BCUT2D eigenvalue weighted by molar-refractivity contribution is 5.76. The Morgan fingerprint density at radius 1 is 0.952 bits per heavy atom. The average molecular weight is 286 g/mol. The van der Waals surface area contributed by atoms with Crippen LogP contribution < -0.4 is 9.47 Å². The van der Waals surface area contributed by atoms with Gasteiger partial charge in [0.2, 0.25) is 0 Å². The van der Waals surface area contributed by atoms with Gasteiger partial charge in [0.15, 0.2) is 23.0 Å². The quantitative estimate of drug-likeness (QED) is 0.653. The van der Waals surface area contributed by atoms with Gasteiger partial charge in [-0.25, -0.2) is 0 Å². The first-order valence-electron chi connectivity index (χ1n) is 6.12. The lowest BCUT2D eigenvalue weighted by Crippen LogP contribution is -1.87. The van der Waals surface area contributed by atoms with Crippen LogP contribution in [-0.4, -0.2) is 23.6 Å². The second-order valence-electron chi connectivity index (χ2n) is 4.20. The van der Waals surface area contributed by atoms with Crippen LogP contribution in [0.4, 0.5) is 0 Å². The van der Waals surface area contributed by atoms with Gasteiger partial charge in [0.05, 0.1) is 13.4 Å². The molecule has 0 spiro atoms. The summed E-state index contributed by atoms with van der Waals surface area (Å²) < 4.78 is 10.3. The second kappa shape index (κ2) is 6.47. The van der Waals surface area contributed by atoms with Gasteiger partial charge in [-0.1, -0.05) is 6.07 Å². The van der Waals surface area contributed by atoms with Crippen LogP contribution in [0.5, 0.6) is 23.0 Å². The molecule has 0 aliphatic carbocycles. The van der Waals surface area contributed by atoms with Crippen molar-refractivity contribution in [3.05, 3.63) is 53.8 Å². The summed E-state index contributed by atoms with van der Waals surface area (Å²) in [7, 11) is 1.46. The van der Waals surface area contributed by atoms with Crippen molar-refractivity contribution < 1.29 is 24.5 Å². The van der Waals surface area contributed by atoms with E-state index in [0.717, 1.165) is 5.56 Å². The number of hydrogen-bond donors (Lipinski definition) is 2. The maximum atomic E-state index is 10.7. The van der Waals surface area contributed by atoms with Gasteiger partial charge in [0, 0.05) is 5.56 Å². The van der Waals surface area contributed by atoms with Gasteiger partial charge in [-0.2, -0.15) is 0 Å². The smallest absolute Gasteiger partial charge is 0.168 e. The molecule has 0 bridgehead atoms. The molecule has 0 saturated heterocycles. The maximum Gasteiger partial charge on any atom is 0.168 e. The number of phenols is 2. The Morgan fingerprint density at radius 2 is 1.57 bits per heavy atom. The molecule has 21 heavy (non-hydrogen) atoms. The molecule has 0 radical (unpaired) electrons. The van der Waals surface area contributed by atoms with E-state index in [1.165, 1.54) is 37.6 Å². The predicted octanol–water partition coefficient (Wildman–Crippen LogP) is 2.97. The zero-order valence-electron chi connectivity index (χ0n) is 11.3. The normalized spacial score (nSPS) is 10.5. The molecule has 0 saturated carbocycles. The first-order chi connectivity index (χ1) is 10.1. The molecule has 108 valence electrons. The third kappa shape index (κ3) is 3.54. The van der Waals surface area contributed by atoms with Crippen LogP contribution in [0.1, 0.15) is 15.9 Å². The molecule has 2 aromatic carbocycles. The van der Waals surface area contributed by atoms with Crippen LogP contribution in [0, 0.1) is 0 Å². The number of benzene rings is 2. The van der Waals surface area contributed by atoms with Crippen molar-refractivity contribution in [3.63, 3.8) is 0 Å². The number of aromatic hydroxyl groups is 2. The first kappa shape index (κ1) is 14.5. The molecule has 2 rings (SSSR count). The highest BCUT2D eigenvalue weighted by atomic mass is 16.5. The van der Waals surface area contributed by atoms with Gasteiger partial charge in [0.1, 0.15) is 6.29 Å². The fourth-order valence-electron chi connectivity index (χ4n) is 1.68. The lowest BCUT2D eigenvalue weighted by molar-refractivity contribution is 0.112. The molecule has 0 aliphatic heterocycles. The molecule has 0 atom stereocenters. The Labute approximate surface area is 121 Å². The van der Waals surface area contributed by atoms with E-state index in [9.17, 15) is 15.0 Å². The molecule has 5 nitrogen and oxygen atoms in total. The molecule has 0 heterocycles. The van der Waals surface area contributed by atoms with Crippen molar-refractivity contribution in [2.24, 2.45) is 0 Å². The monoisotopic (exact) mass is 286 g/mol. The largest absolute Gasteiger partial charge is 0.504 e. The van der Waals surface area contributed by atoms with Gasteiger partial charge in [-0.05, 0) is 42.0 Å². The summed E-state index contributed by atoms with van der Waals surface area (Å²) in [5.41, 5.74) is 1.15. The van der Waals surface area contributed by atoms with Crippen LogP contribution in [0.2, 0.25) is 0 Å². The van der Waals surface area contributed by atoms with Crippen LogP contribution >= 0.6 is 0 Å². The minimum absolute atomic E-state index is 0.0481. The molecule has 5 heteroatoms. The summed E-state index contributed by atoms with van der Waals surface area (Å²) >= 11 is 0. The number of carbonyl (C=O) groups is 1. The molecule has 0 aliphatic rings. The molecular formula is C16H14O5. The van der Waals surface area contributed by atoms with Crippen molar-refractivity contribution in [1.29, 1.82) is 0 Å². The summed E-state index contributed by atoms with van der Waals surface area (Å²) in [5.74, 6) is 0.518. The fourth-order valence-corrected chi connectivity index (χ4v) is 1.68. The fraction of sp³-hybridized carbons (Fsp3) is 0.0625. The zero-order chi connectivity index (χ0) is 15.2. The second-order valence-corrected chi connectivity index (χ2v) is 4.20. The van der Waals surface area contributed by atoms with E-state index in [-0.39, 0.29) is 17.2 Å². The van der Waals surface area contributed by atoms with E-state index in [4.69, 9.17) is 9.47 Å². The van der Waals surface area contributed by atoms with E-state index < -0.39 is 0 Å². The highest BCUT2D eigenvalue weighted by Gasteiger charge is 2.03. The van der Waals surface area contributed by atoms with Gasteiger partial charge in [-0.3, -0.25) is 4.79 Å². The van der Waals surface area contributed by atoms with Crippen molar-refractivity contribution in [2.75, 3.05) is 7.11 Å². The zero-order valence-corrected chi connectivity index (χ0v) is 11.3. The molecule has 0 amide bonds. The number of phenolic OH excluding ortho intramolecular Hbond substituents is 2. The van der Waals surface area contributed by atoms with Crippen molar-refractivity contribution in [2.45, 2.75) is 0 Å². The average Bonchev–Trinajstić information content (AvgIpc) is 2.50. The van der Waals surface area contributed by atoms with Crippen molar-refractivity contribution >= 4 is 12.4 Å². The first-order valence-corrected chi connectivity index (χ1v) is 6.12. The maximum absolute atomic E-state index is 10.7. The number of rotatable bonds is 5. The Balaban J connectivity index is 2.14. The Bertz CT molecular complexity index is 676. The molecule has 0 unspecified atom stereocenters. The topological polar surface area (TPSA) is 76.0 Å². The summed E-state index contributed by atoms with van der Waals surface area (Å²) in [4.78, 5) is 10.7. The van der Waals surface area contributed by atoms with E-state index in [1.54, 1.807) is 18.2 Å². The lowest BCUT2D eigenvalue weighted by atomic mass is 10.2. The number of hydrogen-bond acceptors (Lipinski definition) is 5. The number of carbonyl (C=O) groups excluding carboxylic acids is 1. The predicted molar refractivity (Wildman–Crippen MR) is 77.8 cm³/mol. The van der Waals surface area contributed by atoms with E-state index >= 15 is 0 Å². The molecule has 2 N–H and O–H groups in total. The third-order valence-corrected chi connectivity index (χ3v) is 2.78. The van der Waals surface area contributed by atoms with E-state index in [0.29, 0.717) is 17.6 Å². The minimum Gasteiger partial charge on any atom is -0.504 e. The van der Waals surface area contributed by atoms with Crippen LogP contribution in [-0.2, 0) is 0 Å². The minimum atomic E-state index is -0.0615.